The number of rotatable bonds is 6. The molecule has 0 aliphatic heterocycles. The van der Waals surface area contributed by atoms with Crippen LogP contribution in [0.4, 0.5) is 4.39 Å². The van der Waals surface area contributed by atoms with E-state index in [0.29, 0.717) is 30.6 Å². The minimum Gasteiger partial charge on any atom is -0.391 e. The quantitative estimate of drug-likeness (QED) is 0.379. The van der Waals surface area contributed by atoms with Gasteiger partial charge in [0.25, 0.3) is 0 Å². The van der Waals surface area contributed by atoms with Crippen molar-refractivity contribution >= 4 is 41.4 Å². The van der Waals surface area contributed by atoms with Crippen molar-refractivity contribution in [3.05, 3.63) is 78.1 Å². The lowest BCUT2D eigenvalue weighted by atomic mass is 9.88. The molecule has 0 amide bonds. The standard InChI is InChI=1S/C24H26FN5O.2ClH/c25-20-13-22-16(3-1-7-26-22)11-18(20)15-29-21-6-5-19(12-23(21)31)28-14-17-4-2-9-30-10-8-27-24(17)30;;/h1-4,7-11,13,19,21,23,28-29,31H,5-6,12,14-15H2;2*1H/t19-,21-,23?;;/m0../s1. The highest BCUT2D eigenvalue weighted by atomic mass is 35.5. The maximum absolute atomic E-state index is 14.4. The largest absolute Gasteiger partial charge is 0.391 e. The number of fused-ring (bicyclic) bond motifs is 2. The number of hydrogen-bond acceptors (Lipinski definition) is 5. The first-order chi connectivity index (χ1) is 15.2. The van der Waals surface area contributed by atoms with Crippen LogP contribution in [0, 0.1) is 5.82 Å². The third-order valence-electron chi connectivity index (χ3n) is 6.22. The summed E-state index contributed by atoms with van der Waals surface area (Å²) in [7, 11) is 0. The molecule has 1 unspecified atom stereocenters. The Morgan fingerprint density at radius 1 is 0.970 bits per heavy atom. The number of hydrogen-bond donors (Lipinski definition) is 3. The van der Waals surface area contributed by atoms with E-state index in [-0.39, 0.29) is 42.7 Å². The van der Waals surface area contributed by atoms with Gasteiger partial charge in [0.05, 0.1) is 11.6 Å². The van der Waals surface area contributed by atoms with Gasteiger partial charge in [-0.15, -0.1) is 24.8 Å². The van der Waals surface area contributed by atoms with E-state index in [0.717, 1.165) is 29.4 Å². The van der Waals surface area contributed by atoms with Crippen molar-refractivity contribution < 1.29 is 9.50 Å². The van der Waals surface area contributed by atoms with Gasteiger partial charge < -0.3 is 20.1 Å². The number of pyridine rings is 2. The summed E-state index contributed by atoms with van der Waals surface area (Å²) in [5, 5.41) is 18.5. The van der Waals surface area contributed by atoms with E-state index in [4.69, 9.17) is 0 Å². The first-order valence-electron chi connectivity index (χ1n) is 10.8. The number of aliphatic hydroxyl groups excluding tert-OH is 1. The molecule has 176 valence electrons. The molecule has 5 rings (SSSR count). The van der Waals surface area contributed by atoms with Crippen molar-refractivity contribution in [2.45, 2.75) is 50.5 Å². The predicted molar refractivity (Wildman–Crippen MR) is 133 cm³/mol. The number of benzene rings is 1. The lowest BCUT2D eigenvalue weighted by molar-refractivity contribution is 0.0741. The van der Waals surface area contributed by atoms with Gasteiger partial charge in [0.2, 0.25) is 0 Å². The average Bonchev–Trinajstić information content (AvgIpc) is 3.26. The fourth-order valence-corrected chi connectivity index (χ4v) is 4.49. The van der Waals surface area contributed by atoms with Crippen LogP contribution in [-0.4, -0.2) is 37.7 Å². The SMILES string of the molecule is Cl.Cl.OC1C[C@@H](NCc2cccn3ccnc23)CC[C@@H]1NCc1cc2cccnc2cc1F. The van der Waals surface area contributed by atoms with Crippen LogP contribution in [0.5, 0.6) is 0 Å². The molecule has 3 N–H and O–H groups in total. The summed E-state index contributed by atoms with van der Waals surface area (Å²) in [6, 6.07) is 11.4. The number of aromatic nitrogens is 3. The Balaban J connectivity index is 0.00000153. The van der Waals surface area contributed by atoms with Crippen molar-refractivity contribution in [2.24, 2.45) is 0 Å². The summed E-state index contributed by atoms with van der Waals surface area (Å²) in [6.45, 7) is 1.10. The lowest BCUT2D eigenvalue weighted by Gasteiger charge is -2.34. The summed E-state index contributed by atoms with van der Waals surface area (Å²) in [6.07, 6.45) is 9.37. The Hall–Kier alpha value is -2.29. The van der Waals surface area contributed by atoms with Crippen LogP contribution in [0.2, 0.25) is 0 Å². The highest BCUT2D eigenvalue weighted by Gasteiger charge is 2.28. The molecule has 1 aromatic carbocycles. The molecular weight excluding hydrogens is 464 g/mol. The second-order valence-corrected chi connectivity index (χ2v) is 8.28. The van der Waals surface area contributed by atoms with E-state index in [1.165, 1.54) is 6.07 Å². The summed E-state index contributed by atoms with van der Waals surface area (Å²) >= 11 is 0. The van der Waals surface area contributed by atoms with Gasteiger partial charge in [0.15, 0.2) is 0 Å². The molecule has 1 aliphatic carbocycles. The predicted octanol–water partition coefficient (Wildman–Crippen LogP) is 4.03. The number of nitrogens with one attached hydrogen (secondary N) is 2. The van der Waals surface area contributed by atoms with E-state index >= 15 is 0 Å². The normalized spacial score (nSPS) is 20.4. The summed E-state index contributed by atoms with van der Waals surface area (Å²) in [5.41, 5.74) is 3.35. The molecule has 3 heterocycles. The lowest BCUT2D eigenvalue weighted by Crippen LogP contribution is -2.48. The van der Waals surface area contributed by atoms with Crippen LogP contribution in [0.15, 0.2) is 61.2 Å². The van der Waals surface area contributed by atoms with Gasteiger partial charge >= 0.3 is 0 Å². The Morgan fingerprint density at radius 3 is 2.67 bits per heavy atom. The third kappa shape index (κ3) is 5.62. The van der Waals surface area contributed by atoms with E-state index < -0.39 is 6.10 Å². The second-order valence-electron chi connectivity index (χ2n) is 8.28. The van der Waals surface area contributed by atoms with E-state index in [2.05, 4.69) is 26.7 Å². The first kappa shape index (κ1) is 25.3. The highest BCUT2D eigenvalue weighted by molar-refractivity contribution is 5.85. The third-order valence-corrected chi connectivity index (χ3v) is 6.22. The molecule has 1 fully saturated rings. The van der Waals surface area contributed by atoms with Crippen molar-refractivity contribution in [1.82, 2.24) is 25.0 Å². The van der Waals surface area contributed by atoms with Crippen LogP contribution < -0.4 is 10.6 Å². The smallest absolute Gasteiger partial charge is 0.141 e. The van der Waals surface area contributed by atoms with Gasteiger partial charge in [-0.25, -0.2) is 9.37 Å². The fourth-order valence-electron chi connectivity index (χ4n) is 4.49. The minimum atomic E-state index is -0.473. The number of nitrogens with zero attached hydrogens (tertiary/aromatic N) is 3. The van der Waals surface area contributed by atoms with E-state index in [1.54, 1.807) is 12.4 Å². The molecule has 4 aromatic rings. The summed E-state index contributed by atoms with van der Waals surface area (Å²) in [5.74, 6) is -0.267. The van der Waals surface area contributed by atoms with Gasteiger partial charge in [-0.3, -0.25) is 4.98 Å². The number of halogens is 3. The summed E-state index contributed by atoms with van der Waals surface area (Å²) < 4.78 is 16.4. The molecule has 0 radical (unpaired) electrons. The van der Waals surface area contributed by atoms with E-state index in [1.807, 2.05) is 41.1 Å². The number of imidazole rings is 1. The van der Waals surface area contributed by atoms with Gasteiger partial charge in [-0.05, 0) is 37.5 Å². The van der Waals surface area contributed by atoms with Crippen LogP contribution in [0.1, 0.15) is 30.4 Å². The fraction of sp³-hybridized carbons (Fsp3) is 0.333. The van der Waals surface area contributed by atoms with Gasteiger partial charge in [0.1, 0.15) is 11.5 Å². The van der Waals surface area contributed by atoms with Crippen molar-refractivity contribution in [3.8, 4) is 0 Å². The molecular formula is C24H28Cl2FN5O. The summed E-state index contributed by atoms with van der Waals surface area (Å²) in [4.78, 5) is 8.61. The molecule has 6 nitrogen and oxygen atoms in total. The van der Waals surface area contributed by atoms with Gasteiger partial charge in [-0.2, -0.15) is 0 Å². The van der Waals surface area contributed by atoms with Crippen LogP contribution in [-0.2, 0) is 13.1 Å². The molecule has 0 saturated heterocycles. The zero-order chi connectivity index (χ0) is 21.2. The minimum absolute atomic E-state index is 0. The van der Waals surface area contributed by atoms with Gasteiger partial charge in [-0.1, -0.05) is 12.1 Å². The molecule has 0 spiro atoms. The van der Waals surface area contributed by atoms with Gasteiger partial charge in [0, 0.05) is 72.5 Å². The molecule has 33 heavy (non-hydrogen) atoms. The molecule has 3 atom stereocenters. The van der Waals surface area contributed by atoms with Crippen molar-refractivity contribution in [3.63, 3.8) is 0 Å². The molecule has 1 aliphatic rings. The Morgan fingerprint density at radius 2 is 1.82 bits per heavy atom. The van der Waals surface area contributed by atoms with Crippen LogP contribution in [0.25, 0.3) is 16.6 Å². The number of aliphatic hydroxyl groups is 1. The zero-order valence-corrected chi connectivity index (χ0v) is 19.7. The van der Waals surface area contributed by atoms with Crippen molar-refractivity contribution in [1.29, 1.82) is 0 Å². The zero-order valence-electron chi connectivity index (χ0n) is 18.0. The maximum atomic E-state index is 14.4. The molecule has 3 aromatic heterocycles. The topological polar surface area (TPSA) is 74.5 Å². The van der Waals surface area contributed by atoms with E-state index in [9.17, 15) is 9.50 Å². The molecule has 9 heteroatoms. The monoisotopic (exact) mass is 491 g/mol. The second kappa shape index (κ2) is 11.2. The Labute approximate surface area is 204 Å². The van der Waals surface area contributed by atoms with Crippen molar-refractivity contribution in [2.75, 3.05) is 0 Å². The Kier molecular flexibility index (Phi) is 8.62. The molecule has 1 saturated carbocycles. The maximum Gasteiger partial charge on any atom is 0.141 e. The Bertz CT molecular complexity index is 1200. The average molecular weight is 492 g/mol. The van der Waals surface area contributed by atoms with Crippen LogP contribution >= 0.6 is 24.8 Å². The highest BCUT2D eigenvalue weighted by Crippen LogP contribution is 2.22. The molecule has 0 bridgehead atoms. The first-order valence-corrected chi connectivity index (χ1v) is 10.8. The van der Waals surface area contributed by atoms with Crippen LogP contribution in [0.3, 0.4) is 0 Å².